The molecule has 5 N–H and O–H groups in total. The van der Waals surface area contributed by atoms with E-state index in [-0.39, 0.29) is 11.3 Å². The zero-order valence-electron chi connectivity index (χ0n) is 9.97. The minimum atomic E-state index is -0.617. The van der Waals surface area contributed by atoms with Crippen LogP contribution in [0.1, 0.15) is 20.1 Å². The summed E-state index contributed by atoms with van der Waals surface area (Å²) in [7, 11) is 0. The number of anilines is 2. The van der Waals surface area contributed by atoms with Gasteiger partial charge in [0.25, 0.3) is 5.91 Å². The van der Waals surface area contributed by atoms with E-state index in [1.807, 2.05) is 23.6 Å². The predicted molar refractivity (Wildman–Crippen MR) is 78.5 cm³/mol. The minimum Gasteiger partial charge on any atom is -0.396 e. The Morgan fingerprint density at radius 3 is 2.89 bits per heavy atom. The van der Waals surface area contributed by atoms with E-state index in [9.17, 15) is 4.79 Å². The second-order valence-electron chi connectivity index (χ2n) is 3.78. The molecule has 0 unspecified atom stereocenters. The Morgan fingerprint density at radius 2 is 2.32 bits per heavy atom. The van der Waals surface area contributed by atoms with Gasteiger partial charge in [-0.1, -0.05) is 6.07 Å². The Hall–Kier alpha value is -2.04. The smallest absolute Gasteiger partial charge is 0.253 e. The van der Waals surface area contributed by atoms with Crippen molar-refractivity contribution in [3.05, 3.63) is 32.8 Å². The zero-order valence-corrected chi connectivity index (χ0v) is 11.6. The SMILES string of the molecule is N#Cc1sc(NCCc2cccs2)c(C(N)=O)c1N. The van der Waals surface area contributed by atoms with Gasteiger partial charge < -0.3 is 16.8 Å². The van der Waals surface area contributed by atoms with Crippen LogP contribution in [0.15, 0.2) is 17.5 Å². The number of nitrogens with zero attached hydrogens (tertiary/aromatic N) is 1. The molecule has 1 amide bonds. The highest BCUT2D eigenvalue weighted by Crippen LogP contribution is 2.34. The van der Waals surface area contributed by atoms with Crippen molar-refractivity contribution in [2.75, 3.05) is 17.6 Å². The first kappa shape index (κ1) is 13.4. The summed E-state index contributed by atoms with van der Waals surface area (Å²) in [5.41, 5.74) is 11.4. The fourth-order valence-corrected chi connectivity index (χ4v) is 3.31. The van der Waals surface area contributed by atoms with Crippen LogP contribution < -0.4 is 16.8 Å². The molecule has 2 aromatic heterocycles. The van der Waals surface area contributed by atoms with Crippen molar-refractivity contribution in [3.63, 3.8) is 0 Å². The van der Waals surface area contributed by atoms with Crippen LogP contribution in [0.4, 0.5) is 10.7 Å². The number of carbonyl (C=O) groups excluding carboxylic acids is 1. The van der Waals surface area contributed by atoms with E-state index < -0.39 is 5.91 Å². The maximum absolute atomic E-state index is 11.4. The third-order valence-electron chi connectivity index (χ3n) is 2.53. The van der Waals surface area contributed by atoms with Crippen LogP contribution in [0.25, 0.3) is 0 Å². The number of thiophene rings is 2. The Bertz CT molecular complexity index is 625. The van der Waals surface area contributed by atoms with Gasteiger partial charge in [0.1, 0.15) is 15.9 Å². The van der Waals surface area contributed by atoms with Crippen LogP contribution >= 0.6 is 22.7 Å². The van der Waals surface area contributed by atoms with Gasteiger partial charge in [-0.3, -0.25) is 4.79 Å². The number of rotatable bonds is 5. The molecular formula is C12H12N4OS2. The van der Waals surface area contributed by atoms with Gasteiger partial charge in [0.15, 0.2) is 0 Å². The molecule has 19 heavy (non-hydrogen) atoms. The van der Waals surface area contributed by atoms with E-state index in [1.165, 1.54) is 4.88 Å². The van der Waals surface area contributed by atoms with Crippen molar-refractivity contribution >= 4 is 39.3 Å². The Labute approximate surface area is 118 Å². The molecule has 2 heterocycles. The van der Waals surface area contributed by atoms with Crippen molar-refractivity contribution in [1.82, 2.24) is 0 Å². The van der Waals surface area contributed by atoms with Crippen molar-refractivity contribution in [2.24, 2.45) is 5.73 Å². The molecule has 0 aliphatic rings. The number of nitrogens with two attached hydrogens (primary N) is 2. The molecule has 0 bridgehead atoms. The molecule has 0 spiro atoms. The predicted octanol–water partition coefficient (Wildman–Crippen LogP) is 2.02. The highest BCUT2D eigenvalue weighted by atomic mass is 32.1. The molecule has 0 aliphatic heterocycles. The molecule has 0 atom stereocenters. The fraction of sp³-hybridized carbons (Fsp3) is 0.167. The van der Waals surface area contributed by atoms with Crippen LogP contribution in [0, 0.1) is 11.3 Å². The van der Waals surface area contributed by atoms with Crippen LogP contribution in [0.5, 0.6) is 0 Å². The molecule has 98 valence electrons. The lowest BCUT2D eigenvalue weighted by Gasteiger charge is -2.04. The summed E-state index contributed by atoms with van der Waals surface area (Å²) in [6.45, 7) is 0.658. The van der Waals surface area contributed by atoms with Gasteiger partial charge in [-0.25, -0.2) is 0 Å². The minimum absolute atomic E-state index is 0.165. The molecule has 0 aliphatic carbocycles. The molecule has 0 saturated heterocycles. The number of hydrogen-bond donors (Lipinski definition) is 3. The summed E-state index contributed by atoms with van der Waals surface area (Å²) in [6, 6.07) is 6.00. The summed E-state index contributed by atoms with van der Waals surface area (Å²) in [5, 5.41) is 14.6. The van der Waals surface area contributed by atoms with Crippen molar-refractivity contribution < 1.29 is 4.79 Å². The largest absolute Gasteiger partial charge is 0.396 e. The number of nitrogens with one attached hydrogen (secondary N) is 1. The maximum Gasteiger partial charge on any atom is 0.253 e. The van der Waals surface area contributed by atoms with Crippen LogP contribution in [-0.2, 0) is 6.42 Å². The topological polar surface area (TPSA) is 105 Å². The summed E-state index contributed by atoms with van der Waals surface area (Å²) < 4.78 is 0. The van der Waals surface area contributed by atoms with E-state index >= 15 is 0 Å². The van der Waals surface area contributed by atoms with Gasteiger partial charge in [0.2, 0.25) is 0 Å². The highest BCUT2D eigenvalue weighted by molar-refractivity contribution is 7.17. The van der Waals surface area contributed by atoms with Crippen LogP contribution in [0.2, 0.25) is 0 Å². The van der Waals surface area contributed by atoms with Gasteiger partial charge in [-0.15, -0.1) is 22.7 Å². The Balaban J connectivity index is 2.11. The Morgan fingerprint density at radius 1 is 1.53 bits per heavy atom. The van der Waals surface area contributed by atoms with Crippen molar-refractivity contribution in [2.45, 2.75) is 6.42 Å². The average molecular weight is 292 g/mol. The third-order valence-corrected chi connectivity index (χ3v) is 4.53. The number of primary amides is 1. The van der Waals surface area contributed by atoms with Crippen molar-refractivity contribution in [3.8, 4) is 6.07 Å². The van der Waals surface area contributed by atoms with E-state index in [1.54, 1.807) is 11.3 Å². The number of hydrogen-bond acceptors (Lipinski definition) is 6. The second-order valence-corrected chi connectivity index (χ2v) is 5.83. The van der Waals surface area contributed by atoms with E-state index in [0.717, 1.165) is 17.8 Å². The summed E-state index contributed by atoms with van der Waals surface area (Å²) in [6.07, 6.45) is 0.843. The van der Waals surface area contributed by atoms with E-state index in [4.69, 9.17) is 16.7 Å². The molecule has 2 aromatic rings. The first-order valence-corrected chi connectivity index (χ1v) is 7.21. The first-order chi connectivity index (χ1) is 9.13. The van der Waals surface area contributed by atoms with E-state index in [2.05, 4.69) is 5.32 Å². The number of amides is 1. The third kappa shape index (κ3) is 2.86. The summed E-state index contributed by atoms with van der Waals surface area (Å²) in [4.78, 5) is 12.9. The van der Waals surface area contributed by atoms with Gasteiger partial charge in [-0.2, -0.15) is 5.26 Å². The molecule has 5 nitrogen and oxygen atoms in total. The molecule has 0 radical (unpaired) electrons. The standard InChI is InChI=1S/C12H12N4OS2/c13-6-8-10(14)9(11(15)17)12(19-8)16-4-3-7-2-1-5-18-7/h1-2,5,16H,3-4,14H2,(H2,15,17). The zero-order chi connectivity index (χ0) is 13.8. The van der Waals surface area contributed by atoms with Gasteiger partial charge in [-0.05, 0) is 17.9 Å². The molecule has 2 rings (SSSR count). The van der Waals surface area contributed by atoms with E-state index in [0.29, 0.717) is 16.4 Å². The van der Waals surface area contributed by atoms with Gasteiger partial charge in [0.05, 0.1) is 11.3 Å². The lowest BCUT2D eigenvalue weighted by Crippen LogP contribution is -2.15. The Kier molecular flexibility index (Phi) is 4.04. The first-order valence-electron chi connectivity index (χ1n) is 5.52. The van der Waals surface area contributed by atoms with Crippen molar-refractivity contribution in [1.29, 1.82) is 5.26 Å². The maximum atomic E-state index is 11.4. The average Bonchev–Trinajstić information content (AvgIpc) is 2.97. The lowest BCUT2D eigenvalue weighted by atomic mass is 10.2. The van der Waals surface area contributed by atoms with Gasteiger partial charge in [0, 0.05) is 11.4 Å². The molecule has 0 aromatic carbocycles. The quantitative estimate of drug-likeness (QED) is 0.784. The number of nitrogen functional groups attached to an aromatic ring is 1. The van der Waals surface area contributed by atoms with Gasteiger partial charge >= 0.3 is 0 Å². The van der Waals surface area contributed by atoms with Crippen LogP contribution in [-0.4, -0.2) is 12.5 Å². The number of carbonyl (C=O) groups is 1. The second kappa shape index (κ2) is 5.73. The van der Waals surface area contributed by atoms with Crippen LogP contribution in [0.3, 0.4) is 0 Å². The monoisotopic (exact) mass is 292 g/mol. The summed E-state index contributed by atoms with van der Waals surface area (Å²) in [5.74, 6) is -0.617. The normalized spacial score (nSPS) is 10.1. The molecule has 7 heteroatoms. The fourth-order valence-electron chi connectivity index (χ4n) is 1.65. The molecule has 0 fully saturated rings. The summed E-state index contributed by atoms with van der Waals surface area (Å²) >= 11 is 2.83. The number of nitriles is 1. The molecule has 0 saturated carbocycles. The highest BCUT2D eigenvalue weighted by Gasteiger charge is 2.19. The lowest BCUT2D eigenvalue weighted by molar-refractivity contribution is 0.100. The molecular weight excluding hydrogens is 280 g/mol.